The van der Waals surface area contributed by atoms with Gasteiger partial charge in [0.05, 0.1) is 12.5 Å². The minimum atomic E-state index is 0.837. The quantitative estimate of drug-likeness (QED) is 0.853. The molecule has 4 nitrogen and oxygen atoms in total. The summed E-state index contributed by atoms with van der Waals surface area (Å²) >= 11 is 0. The zero-order valence-corrected chi connectivity index (χ0v) is 10.9. The standard InChI is InChI=1S/C15H18N4/c1-2-12-7-11(1)8-13(12)3-5-19-6-4-17-15(19)14-9-16-10-18-14/h1-2,4,6,9-13H,3,5,7-8H2,(H,16,18)/t11-,12+,13-/m1/s1. The number of fused-ring (bicyclic) bond motifs is 2. The SMILES string of the molecule is C1=C[C@H]2C[C@@H]1C[C@H]2CCn1ccnc1-c1cnc[nH]1. The van der Waals surface area contributed by atoms with Crippen LogP contribution in [0.2, 0.25) is 0 Å². The van der Waals surface area contributed by atoms with E-state index in [-0.39, 0.29) is 0 Å². The molecule has 2 aliphatic rings. The largest absolute Gasteiger partial charge is 0.342 e. The number of nitrogens with one attached hydrogen (secondary N) is 1. The summed E-state index contributed by atoms with van der Waals surface area (Å²) < 4.78 is 2.24. The molecule has 98 valence electrons. The van der Waals surface area contributed by atoms with Crippen molar-refractivity contribution in [2.24, 2.45) is 17.8 Å². The van der Waals surface area contributed by atoms with Crippen molar-refractivity contribution in [3.05, 3.63) is 37.1 Å². The molecule has 2 aromatic rings. The van der Waals surface area contributed by atoms with Crippen molar-refractivity contribution >= 4 is 0 Å². The summed E-state index contributed by atoms with van der Waals surface area (Å²) in [5.41, 5.74) is 0.998. The molecule has 0 unspecified atom stereocenters. The van der Waals surface area contributed by atoms with Crippen LogP contribution in [0.4, 0.5) is 0 Å². The number of hydrogen-bond donors (Lipinski definition) is 1. The molecule has 3 atom stereocenters. The van der Waals surface area contributed by atoms with Gasteiger partial charge in [-0.2, -0.15) is 0 Å². The van der Waals surface area contributed by atoms with E-state index in [0.717, 1.165) is 35.8 Å². The van der Waals surface area contributed by atoms with Crippen LogP contribution in [0.1, 0.15) is 19.3 Å². The van der Waals surface area contributed by atoms with E-state index >= 15 is 0 Å². The number of aromatic amines is 1. The minimum Gasteiger partial charge on any atom is -0.342 e. The van der Waals surface area contributed by atoms with Crippen LogP contribution < -0.4 is 0 Å². The van der Waals surface area contributed by atoms with Gasteiger partial charge in [0.15, 0.2) is 5.82 Å². The second-order valence-corrected chi connectivity index (χ2v) is 5.74. The van der Waals surface area contributed by atoms with Crippen molar-refractivity contribution < 1.29 is 0 Å². The second kappa shape index (κ2) is 4.37. The molecule has 1 N–H and O–H groups in total. The smallest absolute Gasteiger partial charge is 0.158 e. The van der Waals surface area contributed by atoms with E-state index in [1.54, 1.807) is 6.33 Å². The average molecular weight is 254 g/mol. The van der Waals surface area contributed by atoms with Crippen LogP contribution >= 0.6 is 0 Å². The third kappa shape index (κ3) is 1.91. The zero-order valence-electron chi connectivity index (χ0n) is 10.9. The van der Waals surface area contributed by atoms with Gasteiger partial charge in [0, 0.05) is 18.9 Å². The van der Waals surface area contributed by atoms with Crippen LogP contribution in [-0.2, 0) is 6.54 Å². The highest BCUT2D eigenvalue weighted by Gasteiger charge is 2.35. The molecule has 2 aromatic heterocycles. The van der Waals surface area contributed by atoms with Gasteiger partial charge < -0.3 is 9.55 Å². The van der Waals surface area contributed by atoms with Crippen LogP contribution in [0.25, 0.3) is 11.5 Å². The first-order valence-electron chi connectivity index (χ1n) is 7.08. The fraction of sp³-hybridized carbons (Fsp3) is 0.467. The molecule has 4 heteroatoms. The zero-order chi connectivity index (χ0) is 12.7. The van der Waals surface area contributed by atoms with Crippen LogP contribution in [-0.4, -0.2) is 19.5 Å². The van der Waals surface area contributed by atoms with E-state index in [4.69, 9.17) is 0 Å². The molecule has 0 saturated heterocycles. The molecule has 1 saturated carbocycles. The van der Waals surface area contributed by atoms with E-state index in [9.17, 15) is 0 Å². The third-order valence-electron chi connectivity index (χ3n) is 4.61. The van der Waals surface area contributed by atoms with E-state index in [1.165, 1.54) is 19.3 Å². The predicted octanol–water partition coefficient (Wildman–Crippen LogP) is 2.88. The summed E-state index contributed by atoms with van der Waals surface area (Å²) in [6.45, 7) is 1.05. The first kappa shape index (κ1) is 11.0. The highest BCUT2D eigenvalue weighted by Crippen LogP contribution is 2.45. The Morgan fingerprint density at radius 1 is 1.32 bits per heavy atom. The van der Waals surface area contributed by atoms with Gasteiger partial charge in [-0.15, -0.1) is 0 Å². The number of aromatic nitrogens is 4. The molecule has 1 fully saturated rings. The Kier molecular flexibility index (Phi) is 2.53. The van der Waals surface area contributed by atoms with Gasteiger partial charge in [-0.25, -0.2) is 9.97 Å². The van der Waals surface area contributed by atoms with Gasteiger partial charge in [-0.1, -0.05) is 12.2 Å². The monoisotopic (exact) mass is 254 g/mol. The molecule has 0 aliphatic heterocycles. The molecule has 0 spiro atoms. The summed E-state index contributed by atoms with van der Waals surface area (Å²) in [4.78, 5) is 11.6. The number of hydrogen-bond acceptors (Lipinski definition) is 2. The molecule has 0 amide bonds. The van der Waals surface area contributed by atoms with Gasteiger partial charge in [0.25, 0.3) is 0 Å². The summed E-state index contributed by atoms with van der Waals surface area (Å²) in [6, 6.07) is 0. The Morgan fingerprint density at radius 2 is 2.32 bits per heavy atom. The van der Waals surface area contributed by atoms with Gasteiger partial charge in [-0.05, 0) is 37.0 Å². The number of nitrogens with zero attached hydrogens (tertiary/aromatic N) is 3. The lowest BCUT2D eigenvalue weighted by atomic mass is 9.90. The molecule has 0 radical (unpaired) electrons. The molecular weight excluding hydrogens is 236 g/mol. The number of aryl methyl sites for hydroxylation is 1. The lowest BCUT2D eigenvalue weighted by Gasteiger charge is -2.18. The second-order valence-electron chi connectivity index (χ2n) is 5.74. The van der Waals surface area contributed by atoms with Crippen molar-refractivity contribution in [2.45, 2.75) is 25.8 Å². The molecule has 0 aromatic carbocycles. The van der Waals surface area contributed by atoms with Crippen molar-refractivity contribution in [2.75, 3.05) is 0 Å². The maximum Gasteiger partial charge on any atom is 0.158 e. The summed E-state index contributed by atoms with van der Waals surface area (Å²) in [5.74, 6) is 3.57. The highest BCUT2D eigenvalue weighted by molar-refractivity contribution is 5.47. The predicted molar refractivity (Wildman–Crippen MR) is 73.3 cm³/mol. The topological polar surface area (TPSA) is 46.5 Å². The van der Waals surface area contributed by atoms with Gasteiger partial charge in [-0.3, -0.25) is 0 Å². The van der Waals surface area contributed by atoms with E-state index < -0.39 is 0 Å². The summed E-state index contributed by atoms with van der Waals surface area (Å²) in [6.07, 6.45) is 16.3. The summed E-state index contributed by atoms with van der Waals surface area (Å²) in [5, 5.41) is 0. The van der Waals surface area contributed by atoms with Crippen LogP contribution in [0.3, 0.4) is 0 Å². The highest BCUT2D eigenvalue weighted by atomic mass is 15.1. The molecule has 4 rings (SSSR count). The van der Waals surface area contributed by atoms with E-state index in [0.29, 0.717) is 0 Å². The molecule has 2 aliphatic carbocycles. The van der Waals surface area contributed by atoms with Crippen LogP contribution in [0.15, 0.2) is 37.1 Å². The third-order valence-corrected chi connectivity index (χ3v) is 4.61. The Bertz CT molecular complexity index is 581. The summed E-state index contributed by atoms with van der Waals surface area (Å²) in [7, 11) is 0. The van der Waals surface area contributed by atoms with Gasteiger partial charge in [0.1, 0.15) is 5.69 Å². The maximum absolute atomic E-state index is 4.43. The molecular formula is C15H18N4. The minimum absolute atomic E-state index is 0.837. The normalized spacial score (nSPS) is 28.3. The van der Waals surface area contributed by atoms with Gasteiger partial charge >= 0.3 is 0 Å². The number of imidazole rings is 2. The van der Waals surface area contributed by atoms with Crippen molar-refractivity contribution in [3.8, 4) is 11.5 Å². The fourth-order valence-corrected chi connectivity index (χ4v) is 3.64. The van der Waals surface area contributed by atoms with Crippen molar-refractivity contribution in [1.82, 2.24) is 19.5 Å². The van der Waals surface area contributed by atoms with E-state index in [1.807, 2.05) is 12.4 Å². The van der Waals surface area contributed by atoms with Crippen LogP contribution in [0, 0.1) is 17.8 Å². The average Bonchev–Trinajstić information content (AvgIpc) is 3.18. The Balaban J connectivity index is 1.46. The van der Waals surface area contributed by atoms with Crippen molar-refractivity contribution in [1.29, 1.82) is 0 Å². The Hall–Kier alpha value is -1.84. The molecule has 19 heavy (non-hydrogen) atoms. The van der Waals surface area contributed by atoms with E-state index in [2.05, 4.69) is 37.9 Å². The Labute approximate surface area is 112 Å². The lowest BCUT2D eigenvalue weighted by Crippen LogP contribution is -2.11. The number of allylic oxidation sites excluding steroid dienone is 2. The first-order valence-corrected chi connectivity index (χ1v) is 7.08. The van der Waals surface area contributed by atoms with Gasteiger partial charge in [0.2, 0.25) is 0 Å². The number of H-pyrrole nitrogens is 1. The fourth-order valence-electron chi connectivity index (χ4n) is 3.64. The Morgan fingerprint density at radius 3 is 3.05 bits per heavy atom. The number of rotatable bonds is 4. The lowest BCUT2D eigenvalue weighted by molar-refractivity contribution is 0.389. The maximum atomic E-state index is 4.43. The molecule has 2 bridgehead atoms. The molecule has 2 heterocycles. The first-order chi connectivity index (χ1) is 9.40. The van der Waals surface area contributed by atoms with Crippen molar-refractivity contribution in [3.63, 3.8) is 0 Å². The van der Waals surface area contributed by atoms with Crippen LogP contribution in [0.5, 0.6) is 0 Å².